The van der Waals surface area contributed by atoms with Crippen molar-refractivity contribution in [3.63, 3.8) is 0 Å². The third kappa shape index (κ3) is 2.01. The van der Waals surface area contributed by atoms with Crippen molar-refractivity contribution >= 4 is 21.9 Å². The van der Waals surface area contributed by atoms with Crippen LogP contribution in [0, 0.1) is 10.1 Å². The van der Waals surface area contributed by atoms with E-state index in [2.05, 4.69) is 15.9 Å². The maximum atomic E-state index is 11.7. The molecule has 0 spiro atoms. The van der Waals surface area contributed by atoms with Crippen LogP contribution in [0.5, 0.6) is 0 Å². The highest BCUT2D eigenvalue weighted by atomic mass is 79.9. The quantitative estimate of drug-likeness (QED) is 0.486. The lowest BCUT2D eigenvalue weighted by Crippen LogP contribution is -2.35. The number of nitro groups is 1. The number of benzene rings is 1. The summed E-state index contributed by atoms with van der Waals surface area (Å²) in [6.07, 6.45) is 0.209. The first-order chi connectivity index (χ1) is 8.52. The Labute approximate surface area is 112 Å². The van der Waals surface area contributed by atoms with E-state index in [4.69, 9.17) is 4.74 Å². The Hall–Kier alpha value is -1.43. The number of halogens is 1. The zero-order valence-electron chi connectivity index (χ0n) is 9.76. The molecule has 1 saturated carbocycles. The van der Waals surface area contributed by atoms with Crippen molar-refractivity contribution < 1.29 is 14.5 Å². The SMILES string of the molecule is CCOC(=O)[C@@]1([N+](=O)[O-])C[C@H]1c1ccc(Br)cc1. The van der Waals surface area contributed by atoms with E-state index in [1.165, 1.54) is 0 Å². The summed E-state index contributed by atoms with van der Waals surface area (Å²) >= 11 is 3.30. The minimum Gasteiger partial charge on any atom is -0.461 e. The molecule has 0 radical (unpaired) electrons. The fourth-order valence-corrected chi connectivity index (χ4v) is 2.36. The second kappa shape index (κ2) is 4.68. The zero-order valence-corrected chi connectivity index (χ0v) is 11.3. The largest absolute Gasteiger partial charge is 0.461 e. The van der Waals surface area contributed by atoms with Crippen molar-refractivity contribution in [2.24, 2.45) is 0 Å². The Morgan fingerprint density at radius 1 is 1.56 bits per heavy atom. The molecule has 0 amide bonds. The van der Waals surface area contributed by atoms with Crippen LogP contribution < -0.4 is 0 Å². The van der Waals surface area contributed by atoms with Gasteiger partial charge in [0, 0.05) is 15.8 Å². The topological polar surface area (TPSA) is 69.4 Å². The van der Waals surface area contributed by atoms with Crippen molar-refractivity contribution in [2.75, 3.05) is 6.61 Å². The zero-order chi connectivity index (χ0) is 13.3. The van der Waals surface area contributed by atoms with Crippen LogP contribution in [0.1, 0.15) is 24.8 Å². The van der Waals surface area contributed by atoms with Crippen molar-refractivity contribution in [1.29, 1.82) is 0 Å². The fourth-order valence-electron chi connectivity index (χ4n) is 2.10. The van der Waals surface area contributed by atoms with Gasteiger partial charge in [0.05, 0.1) is 12.5 Å². The second-order valence-electron chi connectivity index (χ2n) is 4.21. The number of nitrogens with zero attached hydrogens (tertiary/aromatic N) is 1. The molecule has 18 heavy (non-hydrogen) atoms. The van der Waals surface area contributed by atoms with E-state index in [9.17, 15) is 14.9 Å². The summed E-state index contributed by atoms with van der Waals surface area (Å²) in [4.78, 5) is 22.4. The van der Waals surface area contributed by atoms with Crippen molar-refractivity contribution in [1.82, 2.24) is 0 Å². The Morgan fingerprint density at radius 3 is 2.67 bits per heavy atom. The average Bonchev–Trinajstić information content (AvgIpc) is 3.07. The van der Waals surface area contributed by atoms with Crippen molar-refractivity contribution in [3.05, 3.63) is 44.4 Å². The predicted molar refractivity (Wildman–Crippen MR) is 67.9 cm³/mol. The highest BCUT2D eigenvalue weighted by Gasteiger charge is 2.73. The van der Waals surface area contributed by atoms with Gasteiger partial charge in [0.15, 0.2) is 0 Å². The van der Waals surface area contributed by atoms with Gasteiger partial charge in [0.1, 0.15) is 0 Å². The first-order valence-electron chi connectivity index (χ1n) is 5.59. The standard InChI is InChI=1S/C12H12BrNO4/c1-2-18-11(15)12(14(16)17)7-10(12)8-3-5-9(13)6-4-8/h3-6,10H,2,7H2,1H3/t10-,12+/m0/s1. The molecule has 0 N–H and O–H groups in total. The van der Waals surface area contributed by atoms with E-state index >= 15 is 0 Å². The van der Waals surface area contributed by atoms with Gasteiger partial charge >= 0.3 is 11.5 Å². The molecule has 5 nitrogen and oxygen atoms in total. The van der Waals surface area contributed by atoms with Crippen molar-refractivity contribution in [3.8, 4) is 0 Å². The van der Waals surface area contributed by atoms with E-state index in [1.54, 1.807) is 19.1 Å². The summed E-state index contributed by atoms with van der Waals surface area (Å²) in [5.74, 6) is -1.12. The van der Waals surface area contributed by atoms with Crippen LogP contribution in [0.2, 0.25) is 0 Å². The van der Waals surface area contributed by atoms with Gasteiger partial charge in [-0.3, -0.25) is 10.1 Å². The van der Waals surface area contributed by atoms with Gasteiger partial charge in [0.25, 0.3) is 0 Å². The molecule has 96 valence electrons. The Kier molecular flexibility index (Phi) is 3.38. The second-order valence-corrected chi connectivity index (χ2v) is 5.13. The molecule has 0 unspecified atom stereocenters. The van der Waals surface area contributed by atoms with Crippen molar-refractivity contribution in [2.45, 2.75) is 24.8 Å². The molecule has 0 heterocycles. The van der Waals surface area contributed by atoms with Crippen LogP contribution in [-0.4, -0.2) is 23.0 Å². The maximum absolute atomic E-state index is 11.7. The number of esters is 1. The molecule has 1 aliphatic rings. The molecule has 1 aromatic rings. The van der Waals surface area contributed by atoms with Gasteiger partial charge in [-0.2, -0.15) is 0 Å². The third-order valence-electron chi connectivity index (χ3n) is 3.16. The van der Waals surface area contributed by atoms with Crippen LogP contribution in [0.4, 0.5) is 0 Å². The molecule has 0 aromatic heterocycles. The third-order valence-corrected chi connectivity index (χ3v) is 3.69. The molecule has 0 bridgehead atoms. The van der Waals surface area contributed by atoms with E-state index in [1.807, 2.05) is 12.1 Å². The van der Waals surface area contributed by atoms with Crippen LogP contribution in [0.15, 0.2) is 28.7 Å². The Bertz CT molecular complexity index is 487. The fraction of sp³-hybridized carbons (Fsp3) is 0.417. The molecule has 2 rings (SSSR count). The number of ether oxygens (including phenoxy) is 1. The summed E-state index contributed by atoms with van der Waals surface area (Å²) in [5, 5.41) is 11.1. The van der Waals surface area contributed by atoms with E-state index in [0.717, 1.165) is 10.0 Å². The smallest absolute Gasteiger partial charge is 0.385 e. The summed E-state index contributed by atoms with van der Waals surface area (Å²) in [7, 11) is 0. The van der Waals surface area contributed by atoms with Crippen LogP contribution >= 0.6 is 15.9 Å². The Balaban J connectivity index is 2.25. The monoisotopic (exact) mass is 313 g/mol. The van der Waals surface area contributed by atoms with Crippen LogP contribution in [0.25, 0.3) is 0 Å². The van der Waals surface area contributed by atoms with E-state index < -0.39 is 16.4 Å². The lowest BCUT2D eigenvalue weighted by atomic mass is 10.1. The van der Waals surface area contributed by atoms with Gasteiger partial charge in [-0.1, -0.05) is 28.1 Å². The highest BCUT2D eigenvalue weighted by molar-refractivity contribution is 9.10. The normalized spacial score (nSPS) is 25.6. The molecule has 1 fully saturated rings. The summed E-state index contributed by atoms with van der Waals surface area (Å²) in [5.41, 5.74) is -0.785. The number of hydrogen-bond donors (Lipinski definition) is 0. The minimum absolute atomic E-state index is 0.154. The molecular weight excluding hydrogens is 302 g/mol. The van der Waals surface area contributed by atoms with Crippen LogP contribution in [-0.2, 0) is 9.53 Å². The number of rotatable bonds is 4. The van der Waals surface area contributed by atoms with Gasteiger partial charge in [-0.05, 0) is 24.6 Å². The highest BCUT2D eigenvalue weighted by Crippen LogP contribution is 2.54. The summed E-state index contributed by atoms with van der Waals surface area (Å²) in [6, 6.07) is 7.20. The van der Waals surface area contributed by atoms with Gasteiger partial charge in [-0.25, -0.2) is 4.79 Å². The molecule has 1 aromatic carbocycles. The molecule has 6 heteroatoms. The van der Waals surface area contributed by atoms with Gasteiger partial charge in [0.2, 0.25) is 0 Å². The average molecular weight is 314 g/mol. The predicted octanol–water partition coefficient (Wildman–Crippen LogP) is 2.52. The summed E-state index contributed by atoms with van der Waals surface area (Å²) in [6.45, 7) is 1.80. The number of carbonyl (C=O) groups excluding carboxylic acids is 1. The van der Waals surface area contributed by atoms with E-state index in [0.29, 0.717) is 0 Å². The first-order valence-corrected chi connectivity index (χ1v) is 6.39. The molecule has 1 aliphatic carbocycles. The lowest BCUT2D eigenvalue weighted by molar-refractivity contribution is -0.527. The van der Waals surface area contributed by atoms with E-state index in [-0.39, 0.29) is 18.9 Å². The molecular formula is C12H12BrNO4. The van der Waals surface area contributed by atoms with Gasteiger partial charge in [-0.15, -0.1) is 0 Å². The van der Waals surface area contributed by atoms with Gasteiger partial charge < -0.3 is 4.74 Å². The summed E-state index contributed by atoms with van der Waals surface area (Å²) < 4.78 is 5.71. The molecule has 2 atom stereocenters. The number of carbonyl (C=O) groups is 1. The first kappa shape index (κ1) is 13.0. The minimum atomic E-state index is -1.58. The molecule has 0 aliphatic heterocycles. The Morgan fingerprint density at radius 2 is 2.17 bits per heavy atom. The molecule has 0 saturated heterocycles. The van der Waals surface area contributed by atoms with Crippen LogP contribution in [0.3, 0.4) is 0 Å². The number of hydrogen-bond acceptors (Lipinski definition) is 4. The maximum Gasteiger partial charge on any atom is 0.385 e. The lowest BCUT2D eigenvalue weighted by Gasteiger charge is -2.08.